The Hall–Kier alpha value is -3.80. The number of urea groups is 1. The normalized spacial score (nSPS) is 12.6. The third kappa shape index (κ3) is 4.53. The summed E-state index contributed by atoms with van der Waals surface area (Å²) in [4.78, 5) is 16.1. The number of anilines is 1. The van der Waals surface area contributed by atoms with Crippen LogP contribution < -0.4 is 20.1 Å². The fraction of sp³-hybridized carbons (Fsp3) is 0.211. The average molecular weight is 435 g/mol. The maximum atomic E-state index is 13.2. The van der Waals surface area contributed by atoms with Crippen molar-refractivity contribution in [2.24, 2.45) is 0 Å². The predicted molar refractivity (Wildman–Crippen MR) is 101 cm³/mol. The summed E-state index contributed by atoms with van der Waals surface area (Å²) in [5.41, 5.74) is 0.121. The van der Waals surface area contributed by atoms with Gasteiger partial charge in [0, 0.05) is 6.07 Å². The lowest BCUT2D eigenvalue weighted by Gasteiger charge is -2.10. The number of aromatic nitrogens is 3. The second-order valence-corrected chi connectivity index (χ2v) is 6.47. The van der Waals surface area contributed by atoms with E-state index in [4.69, 9.17) is 14.6 Å². The third-order valence-electron chi connectivity index (χ3n) is 4.35. The number of alkyl halides is 3. The molecule has 0 fully saturated rings. The third-order valence-corrected chi connectivity index (χ3v) is 4.35. The van der Waals surface area contributed by atoms with Crippen molar-refractivity contribution in [3.63, 3.8) is 0 Å². The monoisotopic (exact) mass is 435 g/mol. The number of halogens is 3. The van der Waals surface area contributed by atoms with E-state index < -0.39 is 17.9 Å². The Bertz CT molecular complexity index is 1100. The van der Waals surface area contributed by atoms with Crippen molar-refractivity contribution < 1.29 is 32.5 Å². The number of aliphatic hydroxyl groups excluding tert-OH is 1. The van der Waals surface area contributed by atoms with Gasteiger partial charge in [-0.1, -0.05) is 0 Å². The number of carbonyl (C=O) groups excluding carboxylic acids is 1. The Morgan fingerprint density at radius 3 is 2.68 bits per heavy atom. The van der Waals surface area contributed by atoms with Crippen LogP contribution in [0.2, 0.25) is 0 Å². The molecule has 1 aliphatic heterocycles. The van der Waals surface area contributed by atoms with Crippen molar-refractivity contribution in [2.45, 2.75) is 19.3 Å². The second kappa shape index (κ2) is 8.14. The summed E-state index contributed by atoms with van der Waals surface area (Å²) in [6.07, 6.45) is -3.30. The van der Waals surface area contributed by atoms with Gasteiger partial charge in [-0.3, -0.25) is 4.98 Å². The first-order chi connectivity index (χ1) is 14.8. The van der Waals surface area contributed by atoms with Gasteiger partial charge in [-0.2, -0.15) is 18.3 Å². The molecule has 1 aromatic carbocycles. The van der Waals surface area contributed by atoms with E-state index in [0.717, 1.165) is 10.7 Å². The predicted octanol–water partition coefficient (Wildman–Crippen LogP) is 2.83. The molecule has 0 bridgehead atoms. The van der Waals surface area contributed by atoms with E-state index in [1.807, 2.05) is 0 Å². The van der Waals surface area contributed by atoms with Crippen LogP contribution in [0.25, 0.3) is 5.69 Å². The van der Waals surface area contributed by atoms with Crippen LogP contribution in [0.1, 0.15) is 17.1 Å². The molecule has 0 atom stereocenters. The topological polar surface area (TPSA) is 111 Å². The van der Waals surface area contributed by atoms with Crippen LogP contribution in [0.5, 0.6) is 11.5 Å². The Balaban J connectivity index is 1.52. The van der Waals surface area contributed by atoms with E-state index in [0.29, 0.717) is 28.6 Å². The van der Waals surface area contributed by atoms with Gasteiger partial charge in [0.15, 0.2) is 17.2 Å². The van der Waals surface area contributed by atoms with Crippen LogP contribution in [0.3, 0.4) is 0 Å². The van der Waals surface area contributed by atoms with Crippen LogP contribution in [0, 0.1) is 0 Å². The van der Waals surface area contributed by atoms with Crippen molar-refractivity contribution >= 4 is 11.7 Å². The maximum Gasteiger partial charge on any atom is 0.435 e. The molecule has 12 heteroatoms. The molecule has 4 rings (SSSR count). The van der Waals surface area contributed by atoms with E-state index in [1.54, 1.807) is 12.1 Å². The molecule has 3 N–H and O–H groups in total. The molecule has 0 saturated heterocycles. The van der Waals surface area contributed by atoms with Crippen LogP contribution in [-0.2, 0) is 19.3 Å². The van der Waals surface area contributed by atoms with Crippen molar-refractivity contribution in [1.82, 2.24) is 20.1 Å². The molecule has 31 heavy (non-hydrogen) atoms. The Labute approximate surface area is 173 Å². The number of pyridine rings is 1. The van der Waals surface area contributed by atoms with Gasteiger partial charge in [-0.05, 0) is 30.3 Å². The zero-order chi connectivity index (χ0) is 22.0. The molecule has 0 saturated carbocycles. The van der Waals surface area contributed by atoms with E-state index in [1.165, 1.54) is 24.4 Å². The largest absolute Gasteiger partial charge is 0.454 e. The number of hydrogen-bond acceptors (Lipinski definition) is 6. The number of aliphatic hydroxyl groups is 1. The van der Waals surface area contributed by atoms with Gasteiger partial charge in [-0.15, -0.1) is 0 Å². The average Bonchev–Trinajstić information content (AvgIpc) is 3.39. The zero-order valence-corrected chi connectivity index (χ0v) is 15.8. The highest BCUT2D eigenvalue weighted by molar-refractivity contribution is 5.88. The smallest absolute Gasteiger partial charge is 0.435 e. The molecule has 3 aromatic rings. The highest BCUT2D eigenvalue weighted by atomic mass is 19.4. The van der Waals surface area contributed by atoms with Crippen molar-refractivity contribution in [1.29, 1.82) is 0 Å². The number of fused-ring (bicyclic) bond motifs is 1. The Morgan fingerprint density at radius 2 is 1.97 bits per heavy atom. The molecule has 3 heterocycles. The summed E-state index contributed by atoms with van der Waals surface area (Å²) in [7, 11) is 0. The van der Waals surface area contributed by atoms with Gasteiger partial charge < -0.3 is 25.2 Å². The van der Waals surface area contributed by atoms with E-state index in [2.05, 4.69) is 20.7 Å². The second-order valence-electron chi connectivity index (χ2n) is 6.47. The van der Waals surface area contributed by atoms with Crippen LogP contribution in [0.4, 0.5) is 23.7 Å². The van der Waals surface area contributed by atoms with Crippen LogP contribution >= 0.6 is 0 Å². The highest BCUT2D eigenvalue weighted by Gasteiger charge is 2.35. The van der Waals surface area contributed by atoms with Gasteiger partial charge >= 0.3 is 12.2 Å². The molecular formula is C19H16F3N5O4. The first kappa shape index (κ1) is 20.5. The fourth-order valence-electron chi connectivity index (χ4n) is 2.86. The summed E-state index contributed by atoms with van der Waals surface area (Å²) in [6.45, 7) is -0.447. The summed E-state index contributed by atoms with van der Waals surface area (Å²) in [6, 6.07) is 7.90. The molecule has 0 aliphatic carbocycles. The molecule has 0 radical (unpaired) electrons. The molecular weight excluding hydrogens is 419 g/mol. The molecule has 0 unspecified atom stereocenters. The molecule has 162 valence electrons. The lowest BCUT2D eigenvalue weighted by molar-refractivity contribution is -0.141. The van der Waals surface area contributed by atoms with Crippen LogP contribution in [0.15, 0.2) is 42.6 Å². The van der Waals surface area contributed by atoms with Crippen molar-refractivity contribution in [2.75, 3.05) is 12.1 Å². The summed E-state index contributed by atoms with van der Waals surface area (Å²) in [5.74, 6) is 0.865. The molecule has 2 amide bonds. The first-order valence-corrected chi connectivity index (χ1v) is 9.00. The SMILES string of the molecule is O=C(NCc1cc(C(F)(F)F)nn1-c1ccc2c(c1)OCO2)Nc1ccc(CO)nc1. The van der Waals surface area contributed by atoms with Gasteiger partial charge in [0.1, 0.15) is 0 Å². The number of nitrogens with one attached hydrogen (secondary N) is 2. The minimum absolute atomic E-state index is 0.0222. The highest BCUT2D eigenvalue weighted by Crippen LogP contribution is 2.35. The number of ether oxygens (including phenoxy) is 2. The molecule has 1 aliphatic rings. The summed E-state index contributed by atoms with van der Waals surface area (Å²) in [5, 5.41) is 17.6. The van der Waals surface area contributed by atoms with Gasteiger partial charge in [0.05, 0.1) is 42.1 Å². The van der Waals surface area contributed by atoms with Gasteiger partial charge in [0.2, 0.25) is 6.79 Å². The van der Waals surface area contributed by atoms with E-state index in [-0.39, 0.29) is 25.6 Å². The minimum atomic E-state index is -4.65. The van der Waals surface area contributed by atoms with Crippen molar-refractivity contribution in [3.8, 4) is 17.2 Å². The van der Waals surface area contributed by atoms with Gasteiger partial charge in [0.25, 0.3) is 0 Å². The number of benzene rings is 1. The zero-order valence-electron chi connectivity index (χ0n) is 15.8. The maximum absolute atomic E-state index is 13.2. The summed E-state index contributed by atoms with van der Waals surface area (Å²) < 4.78 is 51.2. The van der Waals surface area contributed by atoms with Gasteiger partial charge in [-0.25, -0.2) is 9.48 Å². The molecule has 0 spiro atoms. The number of nitrogens with zero attached hydrogens (tertiary/aromatic N) is 3. The minimum Gasteiger partial charge on any atom is -0.454 e. The number of rotatable bonds is 5. The number of carbonyl (C=O) groups is 1. The van der Waals surface area contributed by atoms with Crippen molar-refractivity contribution in [3.05, 3.63) is 59.7 Å². The first-order valence-electron chi connectivity index (χ1n) is 9.00. The number of amides is 2. The molecule has 2 aromatic heterocycles. The van der Waals surface area contributed by atoms with E-state index >= 15 is 0 Å². The Kier molecular flexibility index (Phi) is 5.38. The fourth-order valence-corrected chi connectivity index (χ4v) is 2.86. The lowest BCUT2D eigenvalue weighted by Crippen LogP contribution is -2.29. The van der Waals surface area contributed by atoms with E-state index in [9.17, 15) is 18.0 Å². The summed E-state index contributed by atoms with van der Waals surface area (Å²) >= 11 is 0. The van der Waals surface area contributed by atoms with Crippen LogP contribution in [-0.4, -0.2) is 32.7 Å². The molecule has 9 nitrogen and oxygen atoms in total. The lowest BCUT2D eigenvalue weighted by atomic mass is 10.2. The number of hydrogen-bond donors (Lipinski definition) is 3. The quantitative estimate of drug-likeness (QED) is 0.569. The standard InChI is InChI=1S/C19H16F3N5O4/c20-19(21,22)17-6-14(8-24-18(29)25-11-1-2-12(9-28)23-7-11)27(26-17)13-3-4-15-16(5-13)31-10-30-15/h1-7,28H,8-10H2,(H2,24,25,29). The Morgan fingerprint density at radius 1 is 1.16 bits per heavy atom.